The minimum absolute atomic E-state index is 0.0824. The smallest absolute Gasteiger partial charge is 0.353 e. The molecule has 12 nitrogen and oxygen atoms in total. The number of carbonyl (C=O) groups is 3. The molecule has 0 radical (unpaired) electrons. The summed E-state index contributed by atoms with van der Waals surface area (Å²) in [5.41, 5.74) is 5.78. The van der Waals surface area contributed by atoms with Crippen LogP contribution in [-0.4, -0.2) is 65.1 Å². The standard InChI is InChI=1S/C17H17N7O5S3/c1-5-6(2)30-17(19-5)31-8-4-3-7-9(14(26)24(7)11(8)15(27)28)20-13(25)10(22-29)12-21-16(18)32-23-12/h7,9,29H,3-4H2,1-2H3,(H,20,25)(H,27,28)(H2,18,21,23)/b22-10-/t7-,9?/m1/s1. The predicted octanol–water partition coefficient (Wildman–Crippen LogP) is 0.950. The lowest BCUT2D eigenvalue weighted by atomic mass is 9.86. The highest BCUT2D eigenvalue weighted by atomic mass is 32.2. The molecule has 2 atom stereocenters. The summed E-state index contributed by atoms with van der Waals surface area (Å²) in [6.07, 6.45) is 0.864. The number of thiazole rings is 1. The number of anilines is 1. The number of β-lactam (4-membered cyclic amide) rings is 1. The molecule has 5 N–H and O–H groups in total. The maximum atomic E-state index is 12.8. The van der Waals surface area contributed by atoms with Gasteiger partial charge >= 0.3 is 5.97 Å². The zero-order valence-corrected chi connectivity index (χ0v) is 19.2. The molecular formula is C17H17N7O5S3. The number of aromatic nitrogens is 3. The number of amides is 2. The third-order valence-electron chi connectivity index (χ3n) is 5.07. The van der Waals surface area contributed by atoms with E-state index in [1.807, 2.05) is 13.8 Å². The molecule has 2 aromatic heterocycles. The minimum Gasteiger partial charge on any atom is -0.477 e. The fourth-order valence-corrected chi connectivity index (χ4v) is 6.26. The average Bonchev–Trinajstić information content (AvgIpc) is 3.30. The van der Waals surface area contributed by atoms with Gasteiger partial charge in [0, 0.05) is 21.3 Å². The molecule has 2 aliphatic rings. The van der Waals surface area contributed by atoms with E-state index in [0.717, 1.165) is 22.1 Å². The van der Waals surface area contributed by atoms with Gasteiger partial charge in [-0.1, -0.05) is 16.9 Å². The van der Waals surface area contributed by atoms with Crippen LogP contribution in [0.15, 0.2) is 20.1 Å². The molecule has 2 aromatic rings. The monoisotopic (exact) mass is 495 g/mol. The number of carbonyl (C=O) groups excluding carboxylic acids is 2. The van der Waals surface area contributed by atoms with Crippen molar-refractivity contribution in [3.05, 3.63) is 27.0 Å². The second-order valence-electron chi connectivity index (χ2n) is 6.97. The Morgan fingerprint density at radius 1 is 1.34 bits per heavy atom. The van der Waals surface area contributed by atoms with Crippen LogP contribution in [-0.2, 0) is 14.4 Å². The number of rotatable bonds is 6. The number of hydrogen-bond acceptors (Lipinski definition) is 12. The number of oxime groups is 1. The summed E-state index contributed by atoms with van der Waals surface area (Å²) < 4.78 is 4.53. The SMILES string of the molecule is Cc1nc(SC2=C(C(=O)O)N3C(=O)C(NC(=O)/C(=N\O)c4nsc(N)n4)[C@H]3CC2)sc1C. The second-order valence-corrected chi connectivity index (χ2v) is 10.3. The molecule has 1 saturated heterocycles. The molecule has 32 heavy (non-hydrogen) atoms. The van der Waals surface area contributed by atoms with Crippen molar-refractivity contribution in [1.29, 1.82) is 0 Å². The highest BCUT2D eigenvalue weighted by Gasteiger charge is 2.54. The van der Waals surface area contributed by atoms with Gasteiger partial charge in [-0.2, -0.15) is 9.36 Å². The van der Waals surface area contributed by atoms with Crippen molar-refractivity contribution < 1.29 is 24.7 Å². The van der Waals surface area contributed by atoms with Gasteiger partial charge in [0.05, 0.1) is 11.7 Å². The molecule has 1 fully saturated rings. The molecule has 0 aromatic carbocycles. The first-order chi connectivity index (χ1) is 15.2. The molecule has 4 heterocycles. The van der Waals surface area contributed by atoms with Crippen molar-refractivity contribution in [3.63, 3.8) is 0 Å². The summed E-state index contributed by atoms with van der Waals surface area (Å²) in [5, 5.41) is 24.5. The average molecular weight is 496 g/mol. The van der Waals surface area contributed by atoms with Crippen molar-refractivity contribution in [2.75, 3.05) is 5.73 Å². The van der Waals surface area contributed by atoms with Crippen molar-refractivity contribution in [2.24, 2.45) is 5.16 Å². The lowest BCUT2D eigenvalue weighted by Crippen LogP contribution is -2.72. The van der Waals surface area contributed by atoms with Crippen LogP contribution in [0, 0.1) is 13.8 Å². The van der Waals surface area contributed by atoms with Crippen molar-refractivity contribution in [2.45, 2.75) is 43.1 Å². The number of carboxylic acids is 1. The molecular weight excluding hydrogens is 478 g/mol. The van der Waals surface area contributed by atoms with E-state index in [-0.39, 0.29) is 16.7 Å². The van der Waals surface area contributed by atoms with Gasteiger partial charge < -0.3 is 21.4 Å². The number of allylic oxidation sites excluding steroid dienone is 1. The Kier molecular flexibility index (Phi) is 5.87. The van der Waals surface area contributed by atoms with Crippen LogP contribution >= 0.6 is 34.6 Å². The van der Waals surface area contributed by atoms with E-state index in [1.165, 1.54) is 28.0 Å². The Balaban J connectivity index is 1.53. The van der Waals surface area contributed by atoms with E-state index in [4.69, 9.17) is 5.73 Å². The molecule has 0 saturated carbocycles. The molecule has 1 unspecified atom stereocenters. The topological polar surface area (TPSA) is 184 Å². The Bertz CT molecular complexity index is 1170. The van der Waals surface area contributed by atoms with E-state index in [9.17, 15) is 24.7 Å². The minimum atomic E-state index is -1.22. The zero-order chi connectivity index (χ0) is 23.2. The van der Waals surface area contributed by atoms with Gasteiger partial charge in [0.25, 0.3) is 11.8 Å². The molecule has 168 valence electrons. The lowest BCUT2D eigenvalue weighted by molar-refractivity contribution is -0.155. The number of thioether (sulfide) groups is 1. The molecule has 0 spiro atoms. The number of fused-ring (bicyclic) bond motifs is 1. The van der Waals surface area contributed by atoms with Gasteiger partial charge in [-0.25, -0.2) is 9.78 Å². The summed E-state index contributed by atoms with van der Waals surface area (Å²) in [5.74, 6) is -2.81. The number of nitrogens with one attached hydrogen (secondary N) is 1. The number of nitrogen functional groups attached to an aromatic ring is 1. The third kappa shape index (κ3) is 3.82. The Hall–Kier alpha value is -3.04. The highest BCUT2D eigenvalue weighted by molar-refractivity contribution is 8.04. The number of hydrogen-bond donors (Lipinski definition) is 4. The fraction of sp³-hybridized carbons (Fsp3) is 0.353. The predicted molar refractivity (Wildman–Crippen MR) is 117 cm³/mol. The van der Waals surface area contributed by atoms with Gasteiger partial charge in [-0.15, -0.1) is 11.3 Å². The van der Waals surface area contributed by atoms with Crippen LogP contribution in [0.5, 0.6) is 0 Å². The van der Waals surface area contributed by atoms with Crippen molar-refractivity contribution in [3.8, 4) is 0 Å². The Morgan fingerprint density at radius 3 is 2.66 bits per heavy atom. The molecule has 0 bridgehead atoms. The Labute approximate surface area is 193 Å². The van der Waals surface area contributed by atoms with E-state index in [0.29, 0.717) is 22.1 Å². The van der Waals surface area contributed by atoms with Crippen LogP contribution in [0.1, 0.15) is 29.2 Å². The maximum Gasteiger partial charge on any atom is 0.353 e. The van der Waals surface area contributed by atoms with Gasteiger partial charge in [-0.05, 0) is 26.7 Å². The van der Waals surface area contributed by atoms with E-state index < -0.39 is 35.6 Å². The van der Waals surface area contributed by atoms with Gasteiger partial charge in [0.2, 0.25) is 11.5 Å². The fourth-order valence-electron chi connectivity index (χ4n) is 3.45. The number of aryl methyl sites for hydroxylation is 2. The van der Waals surface area contributed by atoms with Crippen LogP contribution in [0.3, 0.4) is 0 Å². The van der Waals surface area contributed by atoms with E-state index in [1.54, 1.807) is 0 Å². The van der Waals surface area contributed by atoms with Gasteiger partial charge in [-0.3, -0.25) is 14.5 Å². The third-order valence-corrected chi connectivity index (χ3v) is 7.89. The molecule has 0 aliphatic carbocycles. The first kappa shape index (κ1) is 22.2. The maximum absolute atomic E-state index is 12.8. The van der Waals surface area contributed by atoms with Crippen LogP contribution in [0.4, 0.5) is 5.13 Å². The normalized spacial score (nSPS) is 20.8. The van der Waals surface area contributed by atoms with Crippen molar-refractivity contribution >= 4 is 63.3 Å². The molecule has 2 aliphatic heterocycles. The molecule has 4 rings (SSSR count). The number of nitrogens with two attached hydrogens (primary N) is 1. The van der Waals surface area contributed by atoms with Gasteiger partial charge in [0.15, 0.2) is 9.47 Å². The number of nitrogens with zero attached hydrogens (tertiary/aromatic N) is 5. The van der Waals surface area contributed by atoms with Crippen LogP contribution in [0.25, 0.3) is 0 Å². The highest BCUT2D eigenvalue weighted by Crippen LogP contribution is 2.44. The summed E-state index contributed by atoms with van der Waals surface area (Å²) in [6, 6.07) is -1.49. The van der Waals surface area contributed by atoms with E-state index >= 15 is 0 Å². The summed E-state index contributed by atoms with van der Waals surface area (Å²) in [7, 11) is 0. The molecule has 15 heteroatoms. The summed E-state index contributed by atoms with van der Waals surface area (Å²) >= 11 is 3.53. The largest absolute Gasteiger partial charge is 0.477 e. The molecule has 2 amide bonds. The first-order valence-corrected chi connectivity index (χ1v) is 11.7. The summed E-state index contributed by atoms with van der Waals surface area (Å²) in [4.78, 5) is 48.3. The summed E-state index contributed by atoms with van der Waals surface area (Å²) in [6.45, 7) is 3.82. The quantitative estimate of drug-likeness (QED) is 0.195. The van der Waals surface area contributed by atoms with Crippen LogP contribution in [0.2, 0.25) is 0 Å². The van der Waals surface area contributed by atoms with E-state index in [2.05, 4.69) is 24.8 Å². The number of carboxylic acid groups (broad SMARTS) is 1. The zero-order valence-electron chi connectivity index (χ0n) is 16.7. The second kappa shape index (κ2) is 8.48. The lowest BCUT2D eigenvalue weighted by Gasteiger charge is -2.49. The van der Waals surface area contributed by atoms with Gasteiger partial charge in [0.1, 0.15) is 11.7 Å². The Morgan fingerprint density at radius 2 is 2.09 bits per heavy atom. The number of aliphatic carboxylic acids is 1. The van der Waals surface area contributed by atoms with Crippen LogP contribution < -0.4 is 11.1 Å². The van der Waals surface area contributed by atoms with Crippen molar-refractivity contribution in [1.82, 2.24) is 24.6 Å². The first-order valence-electron chi connectivity index (χ1n) is 9.25.